The highest BCUT2D eigenvalue weighted by molar-refractivity contribution is 5.80. The molecule has 5 nitrogen and oxygen atoms in total. The number of esters is 1. The number of amides is 1. The molecule has 3 atom stereocenters. The van der Waals surface area contributed by atoms with Crippen molar-refractivity contribution in [2.24, 2.45) is 5.41 Å². The summed E-state index contributed by atoms with van der Waals surface area (Å²) in [7, 11) is 0. The molecule has 136 valence electrons. The number of halogens is 1. The standard InChI is InChI=1S/C19H24FNO4/c1-2-24-17(22)19-10-6-9-16(19)21(12-15(20)11-19)18(23)25-13-14-7-4-3-5-8-14/h3-5,7-8,15-16H,2,6,9-13H2,1H3/t15-,16-,19+/m1/s1. The van der Waals surface area contributed by atoms with Gasteiger partial charge >= 0.3 is 12.1 Å². The lowest BCUT2D eigenvalue weighted by molar-refractivity contribution is -0.163. The van der Waals surface area contributed by atoms with E-state index in [0.29, 0.717) is 12.8 Å². The van der Waals surface area contributed by atoms with Crippen LogP contribution in [0.2, 0.25) is 0 Å². The van der Waals surface area contributed by atoms with Crippen LogP contribution >= 0.6 is 0 Å². The van der Waals surface area contributed by atoms with Crippen molar-refractivity contribution in [3.05, 3.63) is 35.9 Å². The van der Waals surface area contributed by atoms with E-state index in [2.05, 4.69) is 0 Å². The molecular formula is C19H24FNO4. The van der Waals surface area contributed by atoms with Crippen molar-refractivity contribution in [3.8, 4) is 0 Å². The van der Waals surface area contributed by atoms with E-state index in [1.165, 1.54) is 4.90 Å². The Morgan fingerprint density at radius 3 is 2.76 bits per heavy atom. The van der Waals surface area contributed by atoms with Gasteiger partial charge in [-0.2, -0.15) is 0 Å². The van der Waals surface area contributed by atoms with E-state index in [9.17, 15) is 14.0 Å². The third kappa shape index (κ3) is 3.48. The summed E-state index contributed by atoms with van der Waals surface area (Å²) in [5.74, 6) is -0.388. The summed E-state index contributed by atoms with van der Waals surface area (Å²) in [6.07, 6.45) is 0.318. The van der Waals surface area contributed by atoms with Gasteiger partial charge in [0, 0.05) is 0 Å². The van der Waals surface area contributed by atoms with E-state index >= 15 is 0 Å². The summed E-state index contributed by atoms with van der Waals surface area (Å²) >= 11 is 0. The topological polar surface area (TPSA) is 55.8 Å². The average Bonchev–Trinajstić information content (AvgIpc) is 3.05. The summed E-state index contributed by atoms with van der Waals surface area (Å²) in [4.78, 5) is 26.5. The molecule has 1 saturated carbocycles. The predicted octanol–water partition coefficient (Wildman–Crippen LogP) is 3.47. The Morgan fingerprint density at radius 1 is 1.28 bits per heavy atom. The zero-order valence-corrected chi connectivity index (χ0v) is 14.4. The molecule has 0 radical (unpaired) electrons. The van der Waals surface area contributed by atoms with Gasteiger partial charge in [0.1, 0.15) is 12.8 Å². The van der Waals surface area contributed by atoms with Crippen LogP contribution in [-0.4, -0.2) is 42.3 Å². The second-order valence-electron chi connectivity index (χ2n) is 6.78. The molecule has 25 heavy (non-hydrogen) atoms. The zero-order valence-electron chi connectivity index (χ0n) is 14.4. The van der Waals surface area contributed by atoms with Crippen molar-refractivity contribution in [1.29, 1.82) is 0 Å². The molecule has 1 amide bonds. The number of piperidine rings is 1. The van der Waals surface area contributed by atoms with Crippen molar-refractivity contribution in [3.63, 3.8) is 0 Å². The van der Waals surface area contributed by atoms with Gasteiger partial charge in [0.15, 0.2) is 0 Å². The molecular weight excluding hydrogens is 325 g/mol. The van der Waals surface area contributed by atoms with Gasteiger partial charge in [0.25, 0.3) is 0 Å². The van der Waals surface area contributed by atoms with Gasteiger partial charge in [-0.15, -0.1) is 0 Å². The molecule has 0 spiro atoms. The Morgan fingerprint density at radius 2 is 2.04 bits per heavy atom. The van der Waals surface area contributed by atoms with Gasteiger partial charge in [-0.25, -0.2) is 9.18 Å². The molecule has 1 aromatic rings. The first-order valence-electron chi connectivity index (χ1n) is 8.85. The normalized spacial score (nSPS) is 28.3. The molecule has 1 aliphatic carbocycles. The van der Waals surface area contributed by atoms with E-state index < -0.39 is 17.7 Å². The summed E-state index contributed by atoms with van der Waals surface area (Å²) in [6, 6.07) is 8.99. The maximum Gasteiger partial charge on any atom is 0.410 e. The van der Waals surface area contributed by atoms with Gasteiger partial charge in [-0.3, -0.25) is 4.79 Å². The van der Waals surface area contributed by atoms with E-state index in [0.717, 1.165) is 12.0 Å². The number of carbonyl (C=O) groups is 2. The second-order valence-corrected chi connectivity index (χ2v) is 6.78. The molecule has 0 unspecified atom stereocenters. The Labute approximate surface area is 147 Å². The third-order valence-electron chi connectivity index (χ3n) is 5.22. The molecule has 2 fully saturated rings. The molecule has 1 aliphatic heterocycles. The average molecular weight is 349 g/mol. The summed E-state index contributed by atoms with van der Waals surface area (Å²) in [6.45, 7) is 2.09. The first kappa shape index (κ1) is 17.7. The van der Waals surface area contributed by atoms with E-state index in [1.54, 1.807) is 6.92 Å². The van der Waals surface area contributed by atoms with Crippen LogP contribution in [-0.2, 0) is 20.9 Å². The van der Waals surface area contributed by atoms with Crippen LogP contribution < -0.4 is 0 Å². The fourth-order valence-electron chi connectivity index (χ4n) is 4.15. The Balaban J connectivity index is 1.74. The summed E-state index contributed by atoms with van der Waals surface area (Å²) in [5.41, 5.74) is -0.0628. The number of hydrogen-bond donors (Lipinski definition) is 0. The lowest BCUT2D eigenvalue weighted by Crippen LogP contribution is -2.58. The molecule has 0 aromatic heterocycles. The summed E-state index contributed by atoms with van der Waals surface area (Å²) in [5, 5.41) is 0. The van der Waals surface area contributed by atoms with Crippen molar-refractivity contribution < 1.29 is 23.5 Å². The number of nitrogens with zero attached hydrogens (tertiary/aromatic N) is 1. The van der Waals surface area contributed by atoms with Crippen molar-refractivity contribution in [1.82, 2.24) is 4.90 Å². The highest BCUT2D eigenvalue weighted by atomic mass is 19.1. The number of hydrogen-bond acceptors (Lipinski definition) is 4. The quantitative estimate of drug-likeness (QED) is 0.781. The zero-order chi connectivity index (χ0) is 17.9. The van der Waals surface area contributed by atoms with E-state index in [-0.39, 0.29) is 38.2 Å². The fraction of sp³-hybridized carbons (Fsp3) is 0.579. The Bertz CT molecular complexity index is 623. The second kappa shape index (κ2) is 7.42. The van der Waals surface area contributed by atoms with Gasteiger partial charge in [-0.05, 0) is 31.7 Å². The highest BCUT2D eigenvalue weighted by Crippen LogP contribution is 2.49. The number of alkyl halides is 1. The molecule has 1 aromatic carbocycles. The monoisotopic (exact) mass is 349 g/mol. The maximum atomic E-state index is 14.4. The SMILES string of the molecule is CCOC(=O)[C@]12CCC[C@H]1N(C(=O)OCc1ccccc1)C[C@H](F)C2. The van der Waals surface area contributed by atoms with E-state index in [1.807, 2.05) is 30.3 Å². The smallest absolute Gasteiger partial charge is 0.410 e. The first-order valence-corrected chi connectivity index (χ1v) is 8.85. The molecule has 3 rings (SSSR count). The molecule has 1 heterocycles. The predicted molar refractivity (Wildman–Crippen MR) is 89.6 cm³/mol. The van der Waals surface area contributed by atoms with E-state index in [4.69, 9.17) is 9.47 Å². The Hall–Kier alpha value is -2.11. The minimum absolute atomic E-state index is 0.0283. The van der Waals surface area contributed by atoms with Crippen LogP contribution in [0.25, 0.3) is 0 Å². The van der Waals surface area contributed by atoms with Crippen LogP contribution in [0, 0.1) is 5.41 Å². The number of ether oxygens (including phenoxy) is 2. The number of rotatable bonds is 4. The molecule has 6 heteroatoms. The number of carbonyl (C=O) groups excluding carboxylic acids is 2. The van der Waals surface area contributed by atoms with Crippen LogP contribution in [0.3, 0.4) is 0 Å². The maximum absolute atomic E-state index is 14.4. The van der Waals surface area contributed by atoms with Crippen LogP contribution in [0.4, 0.5) is 9.18 Å². The van der Waals surface area contributed by atoms with Crippen LogP contribution in [0.5, 0.6) is 0 Å². The molecule has 0 N–H and O–H groups in total. The first-order chi connectivity index (χ1) is 12.1. The van der Waals surface area contributed by atoms with Crippen molar-refractivity contribution >= 4 is 12.1 Å². The van der Waals surface area contributed by atoms with Gasteiger partial charge < -0.3 is 14.4 Å². The largest absolute Gasteiger partial charge is 0.466 e. The highest BCUT2D eigenvalue weighted by Gasteiger charge is 2.58. The third-order valence-corrected chi connectivity index (χ3v) is 5.22. The van der Waals surface area contributed by atoms with Crippen LogP contribution in [0.1, 0.15) is 38.2 Å². The minimum Gasteiger partial charge on any atom is -0.466 e. The lowest BCUT2D eigenvalue weighted by Gasteiger charge is -2.45. The lowest BCUT2D eigenvalue weighted by atomic mass is 9.74. The van der Waals surface area contributed by atoms with Crippen molar-refractivity contribution in [2.75, 3.05) is 13.2 Å². The fourth-order valence-corrected chi connectivity index (χ4v) is 4.15. The van der Waals surface area contributed by atoms with Crippen LogP contribution in [0.15, 0.2) is 30.3 Å². The van der Waals surface area contributed by atoms with Gasteiger partial charge in [-0.1, -0.05) is 36.8 Å². The number of fused-ring (bicyclic) bond motifs is 1. The Kier molecular flexibility index (Phi) is 5.25. The molecule has 1 saturated heterocycles. The van der Waals surface area contributed by atoms with Gasteiger partial charge in [0.05, 0.1) is 24.6 Å². The summed E-state index contributed by atoms with van der Waals surface area (Å²) < 4.78 is 25.0. The van der Waals surface area contributed by atoms with Crippen molar-refractivity contribution in [2.45, 2.75) is 51.4 Å². The van der Waals surface area contributed by atoms with Gasteiger partial charge in [0.2, 0.25) is 0 Å². The number of likely N-dealkylation sites (tertiary alicyclic amines) is 1. The minimum atomic E-state index is -1.25. The molecule has 0 bridgehead atoms. The molecule has 2 aliphatic rings. The number of benzene rings is 1.